The highest BCUT2D eigenvalue weighted by Gasteiger charge is 2.15. The first-order chi connectivity index (χ1) is 7.97. The molecule has 4 nitrogen and oxygen atoms in total. The molecule has 0 bridgehead atoms. The first-order valence-corrected chi connectivity index (χ1v) is 6.49. The monoisotopic (exact) mass is 251 g/mol. The predicted octanol–water partition coefficient (Wildman–Crippen LogP) is 3.01. The summed E-state index contributed by atoms with van der Waals surface area (Å²) in [6.45, 7) is 8.31. The molecule has 0 aliphatic carbocycles. The van der Waals surface area contributed by atoms with E-state index in [0.717, 1.165) is 10.2 Å². The molecule has 2 N–H and O–H groups in total. The fraction of sp³-hybridized carbons (Fsp3) is 0.500. The van der Waals surface area contributed by atoms with Crippen molar-refractivity contribution in [2.24, 2.45) is 5.92 Å². The Hall–Kier alpha value is -1.36. The van der Waals surface area contributed by atoms with Gasteiger partial charge in [0.2, 0.25) is 11.8 Å². The van der Waals surface area contributed by atoms with Crippen LogP contribution in [0.3, 0.4) is 0 Å². The van der Waals surface area contributed by atoms with Gasteiger partial charge in [0.1, 0.15) is 4.83 Å². The average molecular weight is 251 g/mol. The molecule has 5 heteroatoms. The SMILES string of the molecule is Cc1cc2c(OC(C)C(C)C)nc(N)nc2s1. The minimum absolute atomic E-state index is 0.104. The highest BCUT2D eigenvalue weighted by molar-refractivity contribution is 7.18. The summed E-state index contributed by atoms with van der Waals surface area (Å²) in [5.74, 6) is 1.30. The van der Waals surface area contributed by atoms with Crippen LogP contribution in [0, 0.1) is 12.8 Å². The molecule has 0 amide bonds. The van der Waals surface area contributed by atoms with E-state index >= 15 is 0 Å². The van der Waals surface area contributed by atoms with Crippen molar-refractivity contribution >= 4 is 27.5 Å². The van der Waals surface area contributed by atoms with Crippen LogP contribution in [0.4, 0.5) is 5.95 Å². The maximum absolute atomic E-state index is 5.86. The number of nitrogens with two attached hydrogens (primary N) is 1. The Bertz CT molecular complexity index is 536. The molecule has 0 saturated carbocycles. The fourth-order valence-corrected chi connectivity index (χ4v) is 2.31. The molecule has 0 aliphatic rings. The Morgan fingerprint density at radius 3 is 2.65 bits per heavy atom. The number of hydrogen-bond donors (Lipinski definition) is 1. The molecular formula is C12H17N3OS. The molecule has 2 aromatic heterocycles. The summed E-state index contributed by atoms with van der Waals surface area (Å²) >= 11 is 1.60. The van der Waals surface area contributed by atoms with Crippen LogP contribution < -0.4 is 10.5 Å². The van der Waals surface area contributed by atoms with E-state index in [2.05, 4.69) is 23.8 Å². The molecule has 17 heavy (non-hydrogen) atoms. The van der Waals surface area contributed by atoms with Gasteiger partial charge in [-0.1, -0.05) is 13.8 Å². The third kappa shape index (κ3) is 2.49. The summed E-state index contributed by atoms with van der Waals surface area (Å²) < 4.78 is 5.86. The van der Waals surface area contributed by atoms with Gasteiger partial charge >= 0.3 is 0 Å². The topological polar surface area (TPSA) is 61.0 Å². The summed E-state index contributed by atoms with van der Waals surface area (Å²) in [6, 6.07) is 2.04. The van der Waals surface area contributed by atoms with Gasteiger partial charge in [-0.25, -0.2) is 4.98 Å². The molecule has 2 heterocycles. The van der Waals surface area contributed by atoms with E-state index in [0.29, 0.717) is 11.8 Å². The van der Waals surface area contributed by atoms with Crippen molar-refractivity contribution in [3.8, 4) is 5.88 Å². The molecule has 92 valence electrons. The molecule has 2 rings (SSSR count). The second kappa shape index (κ2) is 4.49. The van der Waals surface area contributed by atoms with E-state index in [4.69, 9.17) is 10.5 Å². The summed E-state index contributed by atoms with van der Waals surface area (Å²) in [7, 11) is 0. The number of aromatic nitrogens is 2. The van der Waals surface area contributed by atoms with Crippen LogP contribution in [-0.4, -0.2) is 16.1 Å². The molecule has 0 radical (unpaired) electrons. The maximum Gasteiger partial charge on any atom is 0.227 e. The number of fused-ring (bicyclic) bond motifs is 1. The Balaban J connectivity index is 2.44. The van der Waals surface area contributed by atoms with Crippen molar-refractivity contribution in [1.29, 1.82) is 0 Å². The Labute approximate surface area is 105 Å². The van der Waals surface area contributed by atoms with Gasteiger partial charge in [0, 0.05) is 4.88 Å². The van der Waals surface area contributed by atoms with E-state index in [1.54, 1.807) is 11.3 Å². The van der Waals surface area contributed by atoms with Crippen LogP contribution in [0.5, 0.6) is 5.88 Å². The molecule has 2 aromatic rings. The van der Waals surface area contributed by atoms with Crippen molar-refractivity contribution in [2.45, 2.75) is 33.8 Å². The Morgan fingerprint density at radius 2 is 2.00 bits per heavy atom. The predicted molar refractivity (Wildman–Crippen MR) is 71.5 cm³/mol. The second-order valence-electron chi connectivity index (χ2n) is 4.53. The van der Waals surface area contributed by atoms with E-state index in [9.17, 15) is 0 Å². The lowest BCUT2D eigenvalue weighted by Crippen LogP contribution is -2.19. The van der Waals surface area contributed by atoms with Gasteiger partial charge in [-0.15, -0.1) is 11.3 Å². The number of hydrogen-bond acceptors (Lipinski definition) is 5. The number of nitrogens with zero attached hydrogens (tertiary/aromatic N) is 2. The Kier molecular flexibility index (Phi) is 3.19. The quantitative estimate of drug-likeness (QED) is 0.911. The highest BCUT2D eigenvalue weighted by Crippen LogP contribution is 2.31. The van der Waals surface area contributed by atoms with Gasteiger partial charge < -0.3 is 10.5 Å². The third-order valence-electron chi connectivity index (χ3n) is 2.73. The van der Waals surface area contributed by atoms with Gasteiger partial charge in [0.05, 0.1) is 11.5 Å². The molecule has 1 atom stereocenters. The number of aryl methyl sites for hydroxylation is 1. The van der Waals surface area contributed by atoms with Crippen molar-refractivity contribution in [3.05, 3.63) is 10.9 Å². The van der Waals surface area contributed by atoms with Gasteiger partial charge in [-0.3, -0.25) is 0 Å². The zero-order valence-electron chi connectivity index (χ0n) is 10.5. The van der Waals surface area contributed by atoms with Crippen LogP contribution in [-0.2, 0) is 0 Å². The Morgan fingerprint density at radius 1 is 1.29 bits per heavy atom. The zero-order valence-corrected chi connectivity index (χ0v) is 11.3. The number of anilines is 1. The molecule has 0 saturated heterocycles. The molecule has 0 aromatic carbocycles. The minimum atomic E-state index is 0.104. The number of rotatable bonds is 3. The van der Waals surface area contributed by atoms with E-state index in [1.807, 2.05) is 19.9 Å². The van der Waals surface area contributed by atoms with Crippen molar-refractivity contribution in [1.82, 2.24) is 9.97 Å². The molecule has 1 unspecified atom stereocenters. The van der Waals surface area contributed by atoms with E-state index in [-0.39, 0.29) is 12.1 Å². The van der Waals surface area contributed by atoms with Crippen molar-refractivity contribution < 1.29 is 4.74 Å². The molecule has 0 fully saturated rings. The summed E-state index contributed by atoms with van der Waals surface area (Å²) in [4.78, 5) is 10.5. The minimum Gasteiger partial charge on any atom is -0.474 e. The van der Waals surface area contributed by atoms with Crippen LogP contribution in [0.2, 0.25) is 0 Å². The molecular weight excluding hydrogens is 234 g/mol. The largest absolute Gasteiger partial charge is 0.474 e. The zero-order chi connectivity index (χ0) is 12.6. The summed E-state index contributed by atoms with van der Waals surface area (Å²) in [5, 5.41) is 0.953. The highest BCUT2D eigenvalue weighted by atomic mass is 32.1. The maximum atomic E-state index is 5.86. The van der Waals surface area contributed by atoms with Gasteiger partial charge in [-0.05, 0) is 25.8 Å². The van der Waals surface area contributed by atoms with Crippen LogP contribution >= 0.6 is 11.3 Å². The van der Waals surface area contributed by atoms with Crippen molar-refractivity contribution in [2.75, 3.05) is 5.73 Å². The molecule has 0 aliphatic heterocycles. The second-order valence-corrected chi connectivity index (χ2v) is 5.76. The van der Waals surface area contributed by atoms with E-state index < -0.39 is 0 Å². The normalized spacial score (nSPS) is 13.2. The first kappa shape index (κ1) is 12.1. The lowest BCUT2D eigenvalue weighted by atomic mass is 10.1. The smallest absolute Gasteiger partial charge is 0.227 e. The van der Waals surface area contributed by atoms with Crippen LogP contribution in [0.25, 0.3) is 10.2 Å². The average Bonchev–Trinajstić information content (AvgIpc) is 2.58. The first-order valence-electron chi connectivity index (χ1n) is 5.67. The van der Waals surface area contributed by atoms with Gasteiger partial charge in [0.15, 0.2) is 0 Å². The third-order valence-corrected chi connectivity index (χ3v) is 3.68. The lowest BCUT2D eigenvalue weighted by molar-refractivity contribution is 0.166. The van der Waals surface area contributed by atoms with Crippen LogP contribution in [0.1, 0.15) is 25.6 Å². The molecule has 0 spiro atoms. The van der Waals surface area contributed by atoms with Crippen LogP contribution in [0.15, 0.2) is 6.07 Å². The number of nitrogen functional groups attached to an aromatic ring is 1. The summed E-state index contributed by atoms with van der Waals surface area (Å²) in [5.41, 5.74) is 5.69. The van der Waals surface area contributed by atoms with Crippen molar-refractivity contribution in [3.63, 3.8) is 0 Å². The number of ether oxygens (including phenoxy) is 1. The van der Waals surface area contributed by atoms with Gasteiger partial charge in [0.25, 0.3) is 0 Å². The standard InChI is InChI=1S/C12H17N3OS/c1-6(2)8(4)16-10-9-5-7(3)17-11(9)15-12(13)14-10/h5-6,8H,1-4H3,(H2,13,14,15). The summed E-state index contributed by atoms with van der Waals surface area (Å²) in [6.07, 6.45) is 0.104. The number of thiophene rings is 1. The lowest BCUT2D eigenvalue weighted by Gasteiger charge is -2.17. The van der Waals surface area contributed by atoms with E-state index in [1.165, 1.54) is 4.88 Å². The fourth-order valence-electron chi connectivity index (χ4n) is 1.43. The van der Waals surface area contributed by atoms with Gasteiger partial charge in [-0.2, -0.15) is 4.98 Å².